The Morgan fingerprint density at radius 3 is 2.50 bits per heavy atom. The van der Waals surface area contributed by atoms with Crippen molar-refractivity contribution in [2.45, 2.75) is 84.8 Å². The summed E-state index contributed by atoms with van der Waals surface area (Å²) in [5.74, 6) is 3.01. The van der Waals surface area contributed by atoms with Crippen LogP contribution in [0.4, 0.5) is 0 Å². The third kappa shape index (κ3) is 3.58. The molecule has 1 N–H and O–H groups in total. The van der Waals surface area contributed by atoms with Crippen molar-refractivity contribution in [2.24, 2.45) is 11.8 Å². The number of phenols is 1. The van der Waals surface area contributed by atoms with Crippen LogP contribution in [0.2, 0.25) is 0 Å². The van der Waals surface area contributed by atoms with Crippen LogP contribution in [-0.4, -0.2) is 35.2 Å². The lowest BCUT2D eigenvalue weighted by Gasteiger charge is -2.47. The zero-order chi connectivity index (χ0) is 20.4. The Kier molecular flexibility index (Phi) is 6.75. The van der Waals surface area contributed by atoms with E-state index in [4.69, 9.17) is 4.74 Å². The van der Waals surface area contributed by atoms with Gasteiger partial charge in [0, 0.05) is 24.1 Å². The number of nitrogens with zero attached hydrogens (tertiary/aromatic N) is 1. The fourth-order valence-corrected chi connectivity index (χ4v) is 5.44. The van der Waals surface area contributed by atoms with E-state index < -0.39 is 0 Å². The van der Waals surface area contributed by atoms with Crippen molar-refractivity contribution in [3.63, 3.8) is 0 Å². The molecule has 4 atom stereocenters. The zero-order valence-corrected chi connectivity index (χ0v) is 18.5. The first-order chi connectivity index (χ1) is 13.7. The average Bonchev–Trinajstić information content (AvgIpc) is 3.47. The Morgan fingerprint density at radius 2 is 1.86 bits per heavy atom. The lowest BCUT2D eigenvalue weighted by Crippen LogP contribution is -2.50. The van der Waals surface area contributed by atoms with E-state index in [-0.39, 0.29) is 6.10 Å². The van der Waals surface area contributed by atoms with Gasteiger partial charge in [0.25, 0.3) is 0 Å². The van der Waals surface area contributed by atoms with Crippen molar-refractivity contribution in [3.05, 3.63) is 35.4 Å². The second-order valence-corrected chi connectivity index (χ2v) is 8.21. The highest BCUT2D eigenvalue weighted by Crippen LogP contribution is 2.58. The summed E-state index contributed by atoms with van der Waals surface area (Å²) >= 11 is 0. The molecule has 0 bridgehead atoms. The van der Waals surface area contributed by atoms with E-state index in [1.807, 2.05) is 33.8 Å². The van der Waals surface area contributed by atoms with Crippen LogP contribution in [0.3, 0.4) is 0 Å². The first kappa shape index (κ1) is 21.2. The number of rotatable bonds is 4. The molecule has 0 saturated heterocycles. The third-order valence-corrected chi connectivity index (χ3v) is 6.82. The Hall–Kier alpha value is -1.48. The van der Waals surface area contributed by atoms with Crippen LogP contribution < -0.4 is 4.74 Å². The maximum absolute atomic E-state index is 10.3. The fraction of sp³-hybridized carbons (Fsp3) is 0.680. The summed E-state index contributed by atoms with van der Waals surface area (Å²) in [7, 11) is 0. The summed E-state index contributed by atoms with van der Waals surface area (Å²) in [5.41, 5.74) is 3.90. The second kappa shape index (κ2) is 8.90. The van der Waals surface area contributed by atoms with Gasteiger partial charge in [0.15, 0.2) is 11.5 Å². The molecule has 3 unspecified atom stereocenters. The normalized spacial score (nSPS) is 29.1. The predicted octanol–water partition coefficient (Wildman–Crippen LogP) is 5.91. The first-order valence-electron chi connectivity index (χ1n) is 11.6. The van der Waals surface area contributed by atoms with E-state index in [0.29, 0.717) is 23.6 Å². The molecule has 3 heteroatoms. The summed E-state index contributed by atoms with van der Waals surface area (Å²) in [6.45, 7) is 17.0. The Labute approximate surface area is 171 Å². The van der Waals surface area contributed by atoms with E-state index in [9.17, 15) is 5.11 Å². The molecule has 156 valence electrons. The average molecular weight is 386 g/mol. The van der Waals surface area contributed by atoms with Crippen molar-refractivity contribution in [2.75, 3.05) is 13.1 Å². The maximum atomic E-state index is 10.3. The molecular weight excluding hydrogens is 346 g/mol. The summed E-state index contributed by atoms with van der Waals surface area (Å²) in [4.78, 5) is 2.74. The predicted molar refractivity (Wildman–Crippen MR) is 117 cm³/mol. The van der Waals surface area contributed by atoms with Crippen LogP contribution in [0.15, 0.2) is 24.3 Å². The van der Waals surface area contributed by atoms with E-state index in [0.717, 1.165) is 31.1 Å². The maximum Gasteiger partial charge on any atom is 0.165 e. The number of ether oxygens (including phenoxy) is 1. The Balaban J connectivity index is 0.000000531. The fourth-order valence-electron chi connectivity index (χ4n) is 5.44. The standard InChI is InChI=1S/C21H27NO2.2C2H6/c1-3-22(11-13-5-6-13)16-10-14-7-9-17(23)21-18(14)19-15(16)8-4-12(2)20(19)24-21;2*1-2/h7,9,13,15-16,19-20,23H,2-6,8,10-11H2,1H3;2*1-2H3/t15?,16-,19?,20?;;/m1../s1. The monoisotopic (exact) mass is 385 g/mol. The van der Waals surface area contributed by atoms with Gasteiger partial charge in [-0.15, -0.1) is 0 Å². The highest BCUT2D eigenvalue weighted by Gasteiger charge is 2.52. The SMILES string of the molecule is C=C1CCC2C3c4c(ccc(O)c4OC13)C[C@H]2N(CC)CC1CC1.CC.CC. The van der Waals surface area contributed by atoms with Gasteiger partial charge in [-0.1, -0.05) is 47.3 Å². The number of benzene rings is 1. The van der Waals surface area contributed by atoms with Crippen LogP contribution in [0.5, 0.6) is 11.5 Å². The molecule has 1 aromatic carbocycles. The molecule has 4 aliphatic rings. The third-order valence-electron chi connectivity index (χ3n) is 6.82. The van der Waals surface area contributed by atoms with Gasteiger partial charge in [-0.3, -0.25) is 4.90 Å². The minimum Gasteiger partial charge on any atom is -0.504 e. The molecule has 0 radical (unpaired) electrons. The molecule has 28 heavy (non-hydrogen) atoms. The van der Waals surface area contributed by atoms with Crippen molar-refractivity contribution in [1.82, 2.24) is 4.90 Å². The molecule has 5 rings (SSSR count). The van der Waals surface area contributed by atoms with Gasteiger partial charge in [0.1, 0.15) is 6.10 Å². The van der Waals surface area contributed by atoms with Gasteiger partial charge in [-0.05, 0) is 67.7 Å². The summed E-state index contributed by atoms with van der Waals surface area (Å²) < 4.78 is 6.23. The lowest BCUT2D eigenvalue weighted by atomic mass is 9.64. The molecule has 1 heterocycles. The van der Waals surface area contributed by atoms with E-state index in [2.05, 4.69) is 24.5 Å². The van der Waals surface area contributed by atoms with Crippen LogP contribution >= 0.6 is 0 Å². The topological polar surface area (TPSA) is 32.7 Å². The number of phenolic OH excluding ortho intramolecular Hbond substituents is 1. The van der Waals surface area contributed by atoms with E-state index in [1.54, 1.807) is 0 Å². The van der Waals surface area contributed by atoms with Gasteiger partial charge >= 0.3 is 0 Å². The van der Waals surface area contributed by atoms with Gasteiger partial charge < -0.3 is 9.84 Å². The van der Waals surface area contributed by atoms with Crippen molar-refractivity contribution >= 4 is 0 Å². The molecule has 0 amide bonds. The first-order valence-corrected chi connectivity index (χ1v) is 11.6. The molecule has 1 aromatic rings. The Bertz CT molecular complexity index is 694. The summed E-state index contributed by atoms with van der Waals surface area (Å²) in [6, 6.07) is 4.57. The minimum absolute atomic E-state index is 0.0771. The summed E-state index contributed by atoms with van der Waals surface area (Å²) in [6.07, 6.45) is 6.28. The second-order valence-electron chi connectivity index (χ2n) is 8.21. The molecule has 3 aliphatic carbocycles. The van der Waals surface area contributed by atoms with Crippen LogP contribution in [0.25, 0.3) is 0 Å². The molecule has 1 aliphatic heterocycles. The zero-order valence-electron chi connectivity index (χ0n) is 18.5. The molecule has 0 aromatic heterocycles. The van der Waals surface area contributed by atoms with Crippen molar-refractivity contribution in [3.8, 4) is 11.5 Å². The van der Waals surface area contributed by atoms with Crippen molar-refractivity contribution in [1.29, 1.82) is 0 Å². The molecule has 3 nitrogen and oxygen atoms in total. The summed E-state index contributed by atoms with van der Waals surface area (Å²) in [5, 5.41) is 10.3. The lowest BCUT2D eigenvalue weighted by molar-refractivity contribution is 0.0739. The van der Waals surface area contributed by atoms with Gasteiger partial charge in [-0.2, -0.15) is 0 Å². The van der Waals surface area contributed by atoms with Gasteiger partial charge in [0.2, 0.25) is 0 Å². The highest BCUT2D eigenvalue weighted by molar-refractivity contribution is 5.58. The molecule has 2 saturated carbocycles. The molecular formula is C25H39NO2. The smallest absolute Gasteiger partial charge is 0.165 e. The minimum atomic E-state index is 0.0771. The largest absolute Gasteiger partial charge is 0.504 e. The molecule has 0 spiro atoms. The number of hydrogen-bond acceptors (Lipinski definition) is 3. The van der Waals surface area contributed by atoms with Gasteiger partial charge in [-0.25, -0.2) is 0 Å². The van der Waals surface area contributed by atoms with E-state index in [1.165, 1.54) is 42.5 Å². The Morgan fingerprint density at radius 1 is 1.14 bits per heavy atom. The van der Waals surface area contributed by atoms with Gasteiger partial charge in [0.05, 0.1) is 0 Å². The van der Waals surface area contributed by atoms with Crippen LogP contribution in [0.1, 0.15) is 77.3 Å². The highest BCUT2D eigenvalue weighted by atomic mass is 16.5. The van der Waals surface area contributed by atoms with E-state index >= 15 is 0 Å². The van der Waals surface area contributed by atoms with Crippen LogP contribution in [0, 0.1) is 11.8 Å². The van der Waals surface area contributed by atoms with Crippen LogP contribution in [-0.2, 0) is 6.42 Å². The number of hydrogen-bond donors (Lipinski definition) is 1. The van der Waals surface area contributed by atoms with Crippen molar-refractivity contribution < 1.29 is 9.84 Å². The number of aromatic hydroxyl groups is 1. The molecule has 2 fully saturated rings. The number of likely N-dealkylation sites (N-methyl/N-ethyl adjacent to an activating group) is 1. The quantitative estimate of drug-likeness (QED) is 0.654.